The Morgan fingerprint density at radius 1 is 1.57 bits per heavy atom. The normalized spacial score (nSPS) is 27.3. The van der Waals surface area contributed by atoms with Gasteiger partial charge in [-0.2, -0.15) is 0 Å². The summed E-state index contributed by atoms with van der Waals surface area (Å²) in [5.74, 6) is -0.558. The summed E-state index contributed by atoms with van der Waals surface area (Å²) in [5, 5.41) is 9.42. The molecule has 14 heavy (non-hydrogen) atoms. The molecule has 0 radical (unpaired) electrons. The van der Waals surface area contributed by atoms with Gasteiger partial charge in [0.25, 0.3) is 0 Å². The number of cyclic esters (lactones) is 1. The molecule has 3 heteroatoms. The van der Waals surface area contributed by atoms with Gasteiger partial charge in [0, 0.05) is 0 Å². The van der Waals surface area contributed by atoms with Crippen LogP contribution in [0.3, 0.4) is 0 Å². The van der Waals surface area contributed by atoms with Crippen molar-refractivity contribution in [1.29, 1.82) is 0 Å². The number of carbonyl (C=O) groups excluding carboxylic acids is 1. The molecule has 0 aromatic heterocycles. The number of rotatable bonds is 3. The smallest absolute Gasteiger partial charge is 0.335 e. The first kappa shape index (κ1) is 10.6. The molecule has 0 spiro atoms. The van der Waals surface area contributed by atoms with E-state index in [0.717, 1.165) is 12.5 Å². The van der Waals surface area contributed by atoms with Crippen molar-refractivity contribution in [2.45, 2.75) is 25.9 Å². The van der Waals surface area contributed by atoms with Crippen molar-refractivity contribution in [3.63, 3.8) is 0 Å². The number of aliphatic hydroxyl groups is 1. The van der Waals surface area contributed by atoms with E-state index < -0.39 is 11.6 Å². The highest BCUT2D eigenvalue weighted by molar-refractivity contribution is 5.86. The summed E-state index contributed by atoms with van der Waals surface area (Å²) < 4.78 is 4.94. The first-order chi connectivity index (χ1) is 6.58. The summed E-state index contributed by atoms with van der Waals surface area (Å²) in [7, 11) is 0. The Bertz CT molecular complexity index is 312. The maximum atomic E-state index is 10.8. The molecule has 1 atom stereocenters. The number of aliphatic hydroxyl groups excluding tert-OH is 1. The van der Waals surface area contributed by atoms with Crippen LogP contribution < -0.4 is 0 Å². The zero-order chi connectivity index (χ0) is 10.6. The van der Waals surface area contributed by atoms with Crippen molar-refractivity contribution >= 4 is 5.97 Å². The van der Waals surface area contributed by atoms with Crippen molar-refractivity contribution < 1.29 is 14.6 Å². The second-order valence-corrected chi connectivity index (χ2v) is 3.25. The van der Waals surface area contributed by atoms with Crippen LogP contribution in [0.2, 0.25) is 0 Å². The topological polar surface area (TPSA) is 46.5 Å². The second-order valence-electron chi connectivity index (χ2n) is 3.25. The predicted molar refractivity (Wildman–Crippen MR) is 53.8 cm³/mol. The van der Waals surface area contributed by atoms with E-state index in [1.165, 1.54) is 0 Å². The Balaban J connectivity index is 2.69. The van der Waals surface area contributed by atoms with Crippen LogP contribution in [0.15, 0.2) is 36.1 Å². The average Bonchev–Trinajstić information content (AvgIpc) is 2.36. The minimum Gasteiger partial charge on any atom is -0.507 e. The highest BCUT2D eigenvalue weighted by Gasteiger charge is 2.36. The van der Waals surface area contributed by atoms with Gasteiger partial charge in [0.15, 0.2) is 5.60 Å². The predicted octanol–water partition coefficient (Wildman–Crippen LogP) is 2.27. The first-order valence-electron chi connectivity index (χ1n) is 4.57. The van der Waals surface area contributed by atoms with Gasteiger partial charge >= 0.3 is 5.97 Å². The Morgan fingerprint density at radius 2 is 2.29 bits per heavy atom. The van der Waals surface area contributed by atoms with E-state index in [4.69, 9.17) is 4.74 Å². The van der Waals surface area contributed by atoms with Crippen LogP contribution in [0.4, 0.5) is 0 Å². The SMILES string of the molecule is CC/C=C/C=C/C1(C)OC(=O)C=C1O. The maximum absolute atomic E-state index is 10.8. The Kier molecular flexibility index (Phi) is 3.12. The third kappa shape index (κ3) is 2.25. The first-order valence-corrected chi connectivity index (χ1v) is 4.57. The minimum absolute atomic E-state index is 0.0522. The van der Waals surface area contributed by atoms with E-state index in [1.54, 1.807) is 19.1 Å². The minimum atomic E-state index is -0.991. The number of allylic oxidation sites excluding steroid dienone is 3. The van der Waals surface area contributed by atoms with E-state index in [9.17, 15) is 9.90 Å². The molecule has 1 aliphatic heterocycles. The van der Waals surface area contributed by atoms with Gasteiger partial charge in [-0.3, -0.25) is 0 Å². The lowest BCUT2D eigenvalue weighted by Crippen LogP contribution is -2.24. The van der Waals surface area contributed by atoms with Gasteiger partial charge in [0.2, 0.25) is 0 Å². The highest BCUT2D eigenvalue weighted by Crippen LogP contribution is 2.26. The molecule has 0 amide bonds. The fourth-order valence-corrected chi connectivity index (χ4v) is 1.12. The number of esters is 1. The standard InChI is InChI=1S/C11H14O3/c1-3-4-5-6-7-11(2)9(12)8-10(13)14-11/h4-8,12H,3H2,1-2H3/b5-4+,7-6+. The van der Waals surface area contributed by atoms with Crippen molar-refractivity contribution in [2.75, 3.05) is 0 Å². The summed E-state index contributed by atoms with van der Waals surface area (Å²) in [4.78, 5) is 10.8. The zero-order valence-electron chi connectivity index (χ0n) is 8.36. The van der Waals surface area contributed by atoms with E-state index in [2.05, 4.69) is 0 Å². The van der Waals surface area contributed by atoms with Gasteiger partial charge < -0.3 is 9.84 Å². The third-order valence-corrected chi connectivity index (χ3v) is 1.97. The molecule has 1 rings (SSSR count). The molecule has 3 nitrogen and oxygen atoms in total. The lowest BCUT2D eigenvalue weighted by molar-refractivity contribution is -0.142. The van der Waals surface area contributed by atoms with Crippen molar-refractivity contribution in [1.82, 2.24) is 0 Å². The molecule has 0 bridgehead atoms. The van der Waals surface area contributed by atoms with Gasteiger partial charge in [-0.05, 0) is 19.4 Å². The molecule has 1 aliphatic rings. The van der Waals surface area contributed by atoms with Crippen molar-refractivity contribution in [2.24, 2.45) is 0 Å². The number of hydrogen-bond acceptors (Lipinski definition) is 3. The summed E-state index contributed by atoms with van der Waals surface area (Å²) in [6.45, 7) is 3.67. The second kappa shape index (κ2) is 4.13. The number of ether oxygens (including phenoxy) is 1. The summed E-state index contributed by atoms with van der Waals surface area (Å²) >= 11 is 0. The van der Waals surface area contributed by atoms with Gasteiger partial charge in [-0.25, -0.2) is 4.79 Å². The third-order valence-electron chi connectivity index (χ3n) is 1.97. The van der Waals surface area contributed by atoms with Crippen molar-refractivity contribution in [3.8, 4) is 0 Å². The highest BCUT2D eigenvalue weighted by atomic mass is 16.6. The Labute approximate surface area is 83.4 Å². The molecule has 1 unspecified atom stereocenters. The van der Waals surface area contributed by atoms with Crippen LogP contribution in [0.1, 0.15) is 20.3 Å². The summed E-state index contributed by atoms with van der Waals surface area (Å²) in [6, 6.07) is 0. The van der Waals surface area contributed by atoms with E-state index in [0.29, 0.717) is 0 Å². The van der Waals surface area contributed by atoms with Crippen LogP contribution in [0.25, 0.3) is 0 Å². The lowest BCUT2D eigenvalue weighted by Gasteiger charge is -2.18. The van der Waals surface area contributed by atoms with E-state index in [1.807, 2.05) is 19.1 Å². The van der Waals surface area contributed by atoms with Gasteiger partial charge in [0.05, 0.1) is 6.08 Å². The van der Waals surface area contributed by atoms with Crippen LogP contribution in [0, 0.1) is 0 Å². The Hall–Kier alpha value is -1.51. The van der Waals surface area contributed by atoms with E-state index in [-0.39, 0.29) is 5.76 Å². The summed E-state index contributed by atoms with van der Waals surface area (Å²) in [5.41, 5.74) is -0.991. The van der Waals surface area contributed by atoms with Crippen LogP contribution in [0.5, 0.6) is 0 Å². The largest absolute Gasteiger partial charge is 0.507 e. The molecular weight excluding hydrogens is 180 g/mol. The van der Waals surface area contributed by atoms with Crippen LogP contribution in [-0.2, 0) is 9.53 Å². The number of hydrogen-bond donors (Lipinski definition) is 1. The molecule has 0 fully saturated rings. The molecule has 0 aliphatic carbocycles. The molecular formula is C11H14O3. The summed E-state index contributed by atoms with van der Waals surface area (Å²) in [6.07, 6.45) is 9.26. The fraction of sp³-hybridized carbons (Fsp3) is 0.364. The lowest BCUT2D eigenvalue weighted by atomic mass is 10.1. The molecule has 1 N–H and O–H groups in total. The molecule has 0 saturated carbocycles. The monoisotopic (exact) mass is 194 g/mol. The number of carbonyl (C=O) groups is 1. The molecule has 0 aromatic carbocycles. The Morgan fingerprint density at radius 3 is 2.79 bits per heavy atom. The molecule has 1 heterocycles. The van der Waals surface area contributed by atoms with Gasteiger partial charge in [-0.15, -0.1) is 0 Å². The quantitative estimate of drug-likeness (QED) is 0.553. The van der Waals surface area contributed by atoms with Crippen molar-refractivity contribution in [3.05, 3.63) is 36.1 Å². The van der Waals surface area contributed by atoms with Crippen LogP contribution in [-0.4, -0.2) is 16.7 Å². The molecule has 0 saturated heterocycles. The maximum Gasteiger partial charge on any atom is 0.335 e. The fourth-order valence-electron chi connectivity index (χ4n) is 1.12. The van der Waals surface area contributed by atoms with Crippen LogP contribution >= 0.6 is 0 Å². The molecule has 76 valence electrons. The van der Waals surface area contributed by atoms with Gasteiger partial charge in [0.1, 0.15) is 5.76 Å². The zero-order valence-corrected chi connectivity index (χ0v) is 8.36. The molecule has 0 aromatic rings. The van der Waals surface area contributed by atoms with E-state index >= 15 is 0 Å². The average molecular weight is 194 g/mol. The van der Waals surface area contributed by atoms with Gasteiger partial charge in [-0.1, -0.05) is 25.2 Å².